The minimum atomic E-state index is -3.92. The smallest absolute Gasteiger partial charge is 0.306 e. The standard InChI is InChI=1S/C41H50ClN5O9S/c1-2-26-22-41(26,39(52)45-57(53,54)29-15-16-29)44-36(49)33-20-28-23-47(33)38(51)31(24-9-5-6-10-24)21-35(48)56-34-13-8-12-25(34)11-4-3-7-18-46-37(50)30-17-14-27(42)19-32(30)43-40(46)55-28/h2-3,7,14,17,19,24-26,28-29,31,33-34H,1,4-6,8-13,15-16,18,20-23H2,(H,44,49)(H,45,52)/b7-3+/t25-,26-,28-,31+,33+,34-,41-/m1/s1. The summed E-state index contributed by atoms with van der Waals surface area (Å²) in [6.45, 7) is 3.88. The van der Waals surface area contributed by atoms with Crippen LogP contribution in [0.5, 0.6) is 6.01 Å². The molecule has 0 unspecified atom stereocenters. The number of rotatable bonds is 7. The lowest BCUT2D eigenvalue weighted by molar-refractivity contribution is -0.156. The summed E-state index contributed by atoms with van der Waals surface area (Å²) in [6, 6.07) is 3.66. The summed E-state index contributed by atoms with van der Waals surface area (Å²) < 4.78 is 41.8. The second-order valence-electron chi connectivity index (χ2n) is 16.8. The van der Waals surface area contributed by atoms with Crippen LogP contribution < -0.4 is 20.3 Å². The Bertz CT molecular complexity index is 2170. The lowest BCUT2D eigenvalue weighted by Crippen LogP contribution is -2.57. The molecule has 1 aromatic heterocycles. The van der Waals surface area contributed by atoms with E-state index in [-0.39, 0.29) is 61.9 Å². The van der Waals surface area contributed by atoms with Crippen LogP contribution in [0, 0.1) is 23.7 Å². The second kappa shape index (κ2) is 15.8. The third-order valence-electron chi connectivity index (χ3n) is 13.0. The molecule has 14 nitrogen and oxygen atoms in total. The molecule has 0 radical (unpaired) electrons. The Labute approximate surface area is 336 Å². The number of ether oxygens (including phenoxy) is 2. The topological polar surface area (TPSA) is 183 Å². The predicted molar refractivity (Wildman–Crippen MR) is 210 cm³/mol. The van der Waals surface area contributed by atoms with E-state index in [4.69, 9.17) is 26.1 Å². The van der Waals surface area contributed by atoms with Crippen LogP contribution in [0.4, 0.5) is 0 Å². The molecular formula is C41H50ClN5O9S. The van der Waals surface area contributed by atoms with Crippen LogP contribution in [-0.4, -0.2) is 82.1 Å². The maximum Gasteiger partial charge on any atom is 0.306 e. The fourth-order valence-corrected chi connectivity index (χ4v) is 11.0. The van der Waals surface area contributed by atoms with Gasteiger partial charge in [-0.1, -0.05) is 42.7 Å². The van der Waals surface area contributed by atoms with Gasteiger partial charge < -0.3 is 19.7 Å². The molecule has 1 saturated heterocycles. The fourth-order valence-electron chi connectivity index (χ4n) is 9.49. The SMILES string of the molecule is C=C[C@@H]1C[C@]1(NC(=O)[C@@H]1C[C@@H]2CN1C(=O)[C@H](C1CCCC1)CC(=O)O[C@@H]1CCC[C@H]1CC/C=C/Cn1c(nc3cc(Cl)ccc3c1=O)O2)C(=O)NS(=O)(=O)C1CC1. The van der Waals surface area contributed by atoms with Crippen molar-refractivity contribution in [1.29, 1.82) is 0 Å². The van der Waals surface area contributed by atoms with Gasteiger partial charge in [0.05, 0.1) is 35.0 Å². The van der Waals surface area contributed by atoms with Gasteiger partial charge in [0, 0.05) is 23.9 Å². The molecule has 57 heavy (non-hydrogen) atoms. The largest absolute Gasteiger partial charge is 0.462 e. The maximum absolute atomic E-state index is 14.9. The van der Waals surface area contributed by atoms with Crippen molar-refractivity contribution in [2.75, 3.05) is 6.54 Å². The summed E-state index contributed by atoms with van der Waals surface area (Å²) in [4.78, 5) is 76.8. The number of carbonyl (C=O) groups excluding carboxylic acids is 4. The van der Waals surface area contributed by atoms with Gasteiger partial charge >= 0.3 is 5.97 Å². The van der Waals surface area contributed by atoms with Gasteiger partial charge in [0.25, 0.3) is 17.5 Å². The van der Waals surface area contributed by atoms with Crippen LogP contribution in [0.15, 0.2) is 47.8 Å². The van der Waals surface area contributed by atoms with Crippen molar-refractivity contribution < 1.29 is 37.1 Å². The number of hydrogen-bond donors (Lipinski definition) is 2. The lowest BCUT2D eigenvalue weighted by Gasteiger charge is -2.32. The zero-order valence-corrected chi connectivity index (χ0v) is 33.5. The molecule has 2 bridgehead atoms. The number of amides is 3. The molecule has 1 aromatic carbocycles. The van der Waals surface area contributed by atoms with Crippen molar-refractivity contribution in [1.82, 2.24) is 24.5 Å². The molecule has 4 aliphatic carbocycles. The monoisotopic (exact) mass is 823 g/mol. The van der Waals surface area contributed by atoms with Crippen LogP contribution in [-0.2, 0) is 40.5 Å². The summed E-state index contributed by atoms with van der Waals surface area (Å²) in [5, 5.41) is 2.91. The summed E-state index contributed by atoms with van der Waals surface area (Å²) >= 11 is 6.30. The Morgan fingerprint density at radius 3 is 2.49 bits per heavy atom. The lowest BCUT2D eigenvalue weighted by atomic mass is 9.86. The second-order valence-corrected chi connectivity index (χ2v) is 19.2. The molecular weight excluding hydrogens is 774 g/mol. The first kappa shape index (κ1) is 39.6. The molecule has 306 valence electrons. The molecule has 8 rings (SSSR count). The Balaban J connectivity index is 1.15. The first-order chi connectivity index (χ1) is 27.4. The molecule has 0 spiro atoms. The Morgan fingerprint density at radius 2 is 1.75 bits per heavy atom. The first-order valence-corrected chi connectivity index (χ1v) is 22.3. The third kappa shape index (κ3) is 8.10. The minimum Gasteiger partial charge on any atom is -0.462 e. The molecule has 3 amide bonds. The van der Waals surface area contributed by atoms with Gasteiger partial charge in [-0.15, -0.1) is 6.58 Å². The van der Waals surface area contributed by atoms with Crippen LogP contribution in [0.3, 0.4) is 0 Å². The van der Waals surface area contributed by atoms with Gasteiger partial charge in [-0.05, 0) is 94.2 Å². The Hall–Kier alpha value is -4.24. The summed E-state index contributed by atoms with van der Waals surface area (Å²) in [5.41, 5.74) is -1.58. The molecule has 2 aliphatic heterocycles. The molecule has 4 saturated carbocycles. The van der Waals surface area contributed by atoms with Crippen molar-refractivity contribution in [3.05, 3.63) is 58.4 Å². The number of fused-ring (bicyclic) bond motifs is 5. The third-order valence-corrected chi connectivity index (χ3v) is 15.0. The van der Waals surface area contributed by atoms with Crippen LogP contribution in [0.25, 0.3) is 10.9 Å². The van der Waals surface area contributed by atoms with E-state index < -0.39 is 68.5 Å². The highest BCUT2D eigenvalue weighted by atomic mass is 35.5. The van der Waals surface area contributed by atoms with Crippen molar-refractivity contribution in [3.63, 3.8) is 0 Å². The molecule has 16 heteroatoms. The number of esters is 1. The van der Waals surface area contributed by atoms with E-state index in [0.717, 1.165) is 57.8 Å². The summed E-state index contributed by atoms with van der Waals surface area (Å²) in [7, 11) is -3.92. The number of nitrogens with one attached hydrogen (secondary N) is 2. The molecule has 2 aromatic rings. The van der Waals surface area contributed by atoms with E-state index in [0.29, 0.717) is 28.8 Å². The van der Waals surface area contributed by atoms with Crippen molar-refractivity contribution in [3.8, 4) is 6.01 Å². The van der Waals surface area contributed by atoms with E-state index in [1.54, 1.807) is 18.2 Å². The van der Waals surface area contributed by atoms with E-state index in [1.165, 1.54) is 15.5 Å². The van der Waals surface area contributed by atoms with Gasteiger partial charge in [0.15, 0.2) is 0 Å². The molecule has 5 fully saturated rings. The predicted octanol–water partition coefficient (Wildman–Crippen LogP) is 4.33. The van der Waals surface area contributed by atoms with E-state index in [2.05, 4.69) is 16.6 Å². The van der Waals surface area contributed by atoms with E-state index in [9.17, 15) is 32.4 Å². The number of aromatic nitrogens is 2. The summed E-state index contributed by atoms with van der Waals surface area (Å²) in [6.07, 6.45) is 12.7. The normalized spacial score (nSPS) is 31.6. The highest BCUT2D eigenvalue weighted by Crippen LogP contribution is 2.46. The molecule has 7 atom stereocenters. The van der Waals surface area contributed by atoms with Gasteiger partial charge in [-0.25, -0.2) is 8.42 Å². The average Bonchev–Trinajstić information content (AvgIpc) is 3.96. The van der Waals surface area contributed by atoms with Crippen molar-refractivity contribution in [2.45, 2.75) is 125 Å². The highest BCUT2D eigenvalue weighted by molar-refractivity contribution is 7.91. The molecule has 3 heterocycles. The van der Waals surface area contributed by atoms with Crippen molar-refractivity contribution in [2.24, 2.45) is 23.7 Å². The number of allylic oxidation sites excluding steroid dienone is 2. The van der Waals surface area contributed by atoms with Gasteiger partial charge in [-0.3, -0.25) is 33.3 Å². The number of hydrogen-bond acceptors (Lipinski definition) is 10. The number of sulfonamides is 1. The first-order valence-electron chi connectivity index (χ1n) is 20.4. The number of carbonyl (C=O) groups is 4. The molecule has 2 N–H and O–H groups in total. The summed E-state index contributed by atoms with van der Waals surface area (Å²) in [5.74, 6) is -3.54. The zero-order chi connectivity index (χ0) is 40.1. The quantitative estimate of drug-likeness (QED) is 0.301. The molecule has 6 aliphatic rings. The van der Waals surface area contributed by atoms with Crippen molar-refractivity contribution >= 4 is 56.2 Å². The van der Waals surface area contributed by atoms with Crippen LogP contribution >= 0.6 is 11.6 Å². The van der Waals surface area contributed by atoms with E-state index >= 15 is 0 Å². The van der Waals surface area contributed by atoms with Crippen LogP contribution in [0.1, 0.15) is 89.9 Å². The highest BCUT2D eigenvalue weighted by Gasteiger charge is 2.62. The van der Waals surface area contributed by atoms with Gasteiger partial charge in [0.2, 0.25) is 21.8 Å². The van der Waals surface area contributed by atoms with Gasteiger partial charge in [0.1, 0.15) is 23.8 Å². The number of halogens is 1. The van der Waals surface area contributed by atoms with Gasteiger partial charge in [-0.2, -0.15) is 4.98 Å². The zero-order valence-electron chi connectivity index (χ0n) is 31.9. The average molecular weight is 824 g/mol. The Kier molecular flexibility index (Phi) is 11.0. The van der Waals surface area contributed by atoms with E-state index in [1.807, 2.05) is 12.2 Å². The number of nitrogens with zero attached hydrogens (tertiary/aromatic N) is 3. The van der Waals surface area contributed by atoms with Crippen LogP contribution in [0.2, 0.25) is 5.02 Å². The fraction of sp³-hybridized carbons (Fsp3) is 0.610. The maximum atomic E-state index is 14.9. The minimum absolute atomic E-state index is 0.000753. The Morgan fingerprint density at radius 1 is 0.982 bits per heavy atom. The number of benzene rings is 1.